The summed E-state index contributed by atoms with van der Waals surface area (Å²) in [6.45, 7) is 3.42. The maximum absolute atomic E-state index is 12.4. The van der Waals surface area contributed by atoms with Crippen LogP contribution in [0.5, 0.6) is 17.2 Å². The van der Waals surface area contributed by atoms with Gasteiger partial charge in [-0.3, -0.25) is 4.79 Å². The van der Waals surface area contributed by atoms with Crippen molar-refractivity contribution in [3.8, 4) is 17.2 Å². The zero-order valence-electron chi connectivity index (χ0n) is 12.4. The first-order chi connectivity index (χ1) is 9.62. The number of hydrogen-bond donors (Lipinski definition) is 1. The molecule has 0 heterocycles. The van der Waals surface area contributed by atoms with Crippen LogP contribution in [0.3, 0.4) is 0 Å². The van der Waals surface area contributed by atoms with E-state index in [4.69, 9.17) is 19.9 Å². The van der Waals surface area contributed by atoms with Crippen molar-refractivity contribution < 1.29 is 19.0 Å². The molecule has 1 aromatic rings. The smallest absolute Gasteiger partial charge is 0.254 e. The van der Waals surface area contributed by atoms with Gasteiger partial charge in [-0.2, -0.15) is 0 Å². The summed E-state index contributed by atoms with van der Waals surface area (Å²) in [6, 6.07) is 3.28. The van der Waals surface area contributed by atoms with Crippen molar-refractivity contribution in [2.45, 2.75) is 6.92 Å². The van der Waals surface area contributed by atoms with Crippen LogP contribution in [0.15, 0.2) is 12.1 Å². The van der Waals surface area contributed by atoms with E-state index in [1.54, 1.807) is 17.0 Å². The van der Waals surface area contributed by atoms with E-state index in [-0.39, 0.29) is 5.91 Å². The number of likely N-dealkylation sites (N-methyl/N-ethyl adjacent to an activating group) is 1. The minimum atomic E-state index is -0.114. The van der Waals surface area contributed by atoms with Gasteiger partial charge in [-0.1, -0.05) is 0 Å². The number of methoxy groups -OCH3 is 3. The predicted octanol–water partition coefficient (Wildman–Crippen LogP) is 1.13. The third-order valence-corrected chi connectivity index (χ3v) is 2.98. The van der Waals surface area contributed by atoms with Crippen LogP contribution in [0.2, 0.25) is 0 Å². The van der Waals surface area contributed by atoms with E-state index in [1.165, 1.54) is 21.3 Å². The summed E-state index contributed by atoms with van der Waals surface area (Å²) < 4.78 is 15.7. The first-order valence-electron chi connectivity index (χ1n) is 6.42. The van der Waals surface area contributed by atoms with Gasteiger partial charge in [0.1, 0.15) is 0 Å². The highest BCUT2D eigenvalue weighted by Crippen LogP contribution is 2.38. The van der Waals surface area contributed by atoms with Gasteiger partial charge in [0.25, 0.3) is 5.91 Å². The van der Waals surface area contributed by atoms with Crippen molar-refractivity contribution in [3.05, 3.63) is 17.7 Å². The van der Waals surface area contributed by atoms with Crippen LogP contribution in [0.25, 0.3) is 0 Å². The maximum Gasteiger partial charge on any atom is 0.254 e. The molecular formula is C14H22N2O4. The zero-order chi connectivity index (χ0) is 15.1. The lowest BCUT2D eigenvalue weighted by Gasteiger charge is -2.21. The fourth-order valence-electron chi connectivity index (χ4n) is 1.95. The van der Waals surface area contributed by atoms with Gasteiger partial charge in [0, 0.05) is 25.2 Å². The number of carbonyl (C=O) groups is 1. The Morgan fingerprint density at radius 2 is 1.70 bits per heavy atom. The summed E-state index contributed by atoms with van der Waals surface area (Å²) >= 11 is 0. The normalized spacial score (nSPS) is 10.1. The third-order valence-electron chi connectivity index (χ3n) is 2.98. The van der Waals surface area contributed by atoms with Gasteiger partial charge in [-0.15, -0.1) is 0 Å². The van der Waals surface area contributed by atoms with Crippen molar-refractivity contribution in [3.63, 3.8) is 0 Å². The minimum Gasteiger partial charge on any atom is -0.493 e. The van der Waals surface area contributed by atoms with Crippen LogP contribution < -0.4 is 19.9 Å². The second kappa shape index (κ2) is 7.59. The van der Waals surface area contributed by atoms with Gasteiger partial charge in [-0.25, -0.2) is 0 Å². The van der Waals surface area contributed by atoms with Crippen molar-refractivity contribution in [2.75, 3.05) is 41.0 Å². The van der Waals surface area contributed by atoms with Crippen LogP contribution in [0, 0.1) is 0 Å². The summed E-state index contributed by atoms with van der Waals surface area (Å²) in [5, 5.41) is 0. The van der Waals surface area contributed by atoms with Crippen LogP contribution in [0.4, 0.5) is 0 Å². The van der Waals surface area contributed by atoms with Crippen molar-refractivity contribution in [2.24, 2.45) is 5.73 Å². The monoisotopic (exact) mass is 282 g/mol. The van der Waals surface area contributed by atoms with E-state index < -0.39 is 0 Å². The average Bonchev–Trinajstić information content (AvgIpc) is 2.50. The molecule has 0 saturated carbocycles. The van der Waals surface area contributed by atoms with Gasteiger partial charge in [-0.05, 0) is 19.1 Å². The second-order valence-electron chi connectivity index (χ2n) is 4.09. The molecule has 0 aliphatic heterocycles. The molecule has 0 unspecified atom stereocenters. The maximum atomic E-state index is 12.4. The molecule has 0 aliphatic carbocycles. The Kier molecular flexibility index (Phi) is 6.11. The van der Waals surface area contributed by atoms with E-state index in [9.17, 15) is 4.79 Å². The summed E-state index contributed by atoms with van der Waals surface area (Å²) in [7, 11) is 4.56. The number of carbonyl (C=O) groups excluding carboxylic acids is 1. The fourth-order valence-corrected chi connectivity index (χ4v) is 1.95. The number of nitrogens with zero attached hydrogens (tertiary/aromatic N) is 1. The van der Waals surface area contributed by atoms with E-state index in [0.717, 1.165) is 0 Å². The van der Waals surface area contributed by atoms with Crippen molar-refractivity contribution in [1.29, 1.82) is 0 Å². The molecule has 0 radical (unpaired) electrons. The minimum absolute atomic E-state index is 0.114. The summed E-state index contributed by atoms with van der Waals surface area (Å²) in [6.07, 6.45) is 0. The molecule has 6 nitrogen and oxygen atoms in total. The molecule has 0 spiro atoms. The lowest BCUT2D eigenvalue weighted by Crippen LogP contribution is -2.35. The Morgan fingerprint density at radius 3 is 2.05 bits per heavy atom. The molecule has 0 bridgehead atoms. The lowest BCUT2D eigenvalue weighted by molar-refractivity contribution is 0.0768. The fraction of sp³-hybridized carbons (Fsp3) is 0.500. The van der Waals surface area contributed by atoms with E-state index >= 15 is 0 Å². The predicted molar refractivity (Wildman–Crippen MR) is 76.7 cm³/mol. The Hall–Kier alpha value is -1.95. The van der Waals surface area contributed by atoms with Crippen LogP contribution in [-0.4, -0.2) is 51.8 Å². The van der Waals surface area contributed by atoms with Gasteiger partial charge >= 0.3 is 0 Å². The highest BCUT2D eigenvalue weighted by atomic mass is 16.5. The molecule has 0 saturated heterocycles. The Morgan fingerprint density at radius 1 is 1.15 bits per heavy atom. The van der Waals surface area contributed by atoms with Crippen LogP contribution >= 0.6 is 0 Å². The first kappa shape index (κ1) is 16.1. The first-order valence-corrected chi connectivity index (χ1v) is 6.42. The largest absolute Gasteiger partial charge is 0.493 e. The molecule has 0 atom stereocenters. The number of amides is 1. The topological polar surface area (TPSA) is 74.0 Å². The van der Waals surface area contributed by atoms with Crippen molar-refractivity contribution in [1.82, 2.24) is 4.90 Å². The van der Waals surface area contributed by atoms with Crippen molar-refractivity contribution >= 4 is 5.91 Å². The van der Waals surface area contributed by atoms with E-state index in [0.29, 0.717) is 42.4 Å². The molecule has 0 aromatic heterocycles. The molecule has 0 fully saturated rings. The summed E-state index contributed by atoms with van der Waals surface area (Å²) in [5.74, 6) is 1.27. The molecule has 6 heteroatoms. The molecular weight excluding hydrogens is 260 g/mol. The van der Waals surface area contributed by atoms with Gasteiger partial charge in [0.15, 0.2) is 11.5 Å². The highest BCUT2D eigenvalue weighted by molar-refractivity contribution is 5.95. The SMILES string of the molecule is CCN(CCN)C(=O)c1cc(OC)c(OC)c(OC)c1. The quantitative estimate of drug-likeness (QED) is 0.811. The van der Waals surface area contributed by atoms with Crippen LogP contribution in [0.1, 0.15) is 17.3 Å². The standard InChI is InChI=1S/C14H22N2O4/c1-5-16(7-6-15)14(17)10-8-11(18-2)13(20-4)12(9-10)19-3/h8-9H,5-7,15H2,1-4H3. The van der Waals surface area contributed by atoms with Gasteiger partial charge < -0.3 is 24.8 Å². The summed E-state index contributed by atoms with van der Waals surface area (Å²) in [5.41, 5.74) is 6.00. The number of hydrogen-bond acceptors (Lipinski definition) is 5. The number of ether oxygens (including phenoxy) is 3. The molecule has 0 aliphatic rings. The lowest BCUT2D eigenvalue weighted by atomic mass is 10.1. The molecule has 1 amide bonds. The second-order valence-corrected chi connectivity index (χ2v) is 4.09. The Bertz CT molecular complexity index is 437. The van der Waals surface area contributed by atoms with Gasteiger partial charge in [0.05, 0.1) is 21.3 Å². The molecule has 2 N–H and O–H groups in total. The number of rotatable bonds is 7. The molecule has 112 valence electrons. The Balaban J connectivity index is 3.21. The zero-order valence-corrected chi connectivity index (χ0v) is 12.4. The molecule has 1 aromatic carbocycles. The summed E-state index contributed by atoms with van der Waals surface area (Å²) in [4.78, 5) is 14.1. The number of benzene rings is 1. The highest BCUT2D eigenvalue weighted by Gasteiger charge is 2.19. The van der Waals surface area contributed by atoms with E-state index in [1.807, 2.05) is 6.92 Å². The van der Waals surface area contributed by atoms with E-state index in [2.05, 4.69) is 0 Å². The Labute approximate surface area is 119 Å². The van der Waals surface area contributed by atoms with Gasteiger partial charge in [0.2, 0.25) is 5.75 Å². The molecule has 20 heavy (non-hydrogen) atoms. The molecule has 1 rings (SSSR count). The average molecular weight is 282 g/mol. The van der Waals surface area contributed by atoms with Crippen LogP contribution in [-0.2, 0) is 0 Å². The number of nitrogens with two attached hydrogens (primary N) is 1. The third kappa shape index (κ3) is 3.33.